The molecule has 0 saturated carbocycles. The number of anilines is 1. The van der Waals surface area contributed by atoms with Crippen LogP contribution in [0.2, 0.25) is 0 Å². The quantitative estimate of drug-likeness (QED) is 0.803. The molecular weight excluding hydrogens is 240 g/mol. The number of hydrogen-bond donors (Lipinski definition) is 0. The van der Waals surface area contributed by atoms with Gasteiger partial charge in [0.1, 0.15) is 12.1 Å². The molecule has 0 N–H and O–H groups in total. The predicted molar refractivity (Wildman–Crippen MR) is 75.2 cm³/mol. The Labute approximate surface area is 113 Å². The number of fused-ring (bicyclic) bond motifs is 1. The number of nitrogens with zero attached hydrogens (tertiary/aromatic N) is 6. The van der Waals surface area contributed by atoms with Gasteiger partial charge in [-0.2, -0.15) is 5.10 Å². The number of aryl methyl sites for hydroxylation is 1. The van der Waals surface area contributed by atoms with Crippen molar-refractivity contribution in [3.8, 4) is 0 Å². The fourth-order valence-electron chi connectivity index (χ4n) is 2.65. The van der Waals surface area contributed by atoms with Crippen LogP contribution >= 0.6 is 0 Å². The molecule has 2 aromatic rings. The lowest BCUT2D eigenvalue weighted by molar-refractivity contribution is 0.209. The lowest BCUT2D eigenvalue weighted by Gasteiger charge is -2.37. The summed E-state index contributed by atoms with van der Waals surface area (Å²) in [5, 5.41) is 5.32. The van der Waals surface area contributed by atoms with Crippen molar-refractivity contribution in [2.45, 2.75) is 19.9 Å². The molecule has 0 spiro atoms. The van der Waals surface area contributed by atoms with Crippen LogP contribution in [0, 0.1) is 0 Å². The second-order valence-corrected chi connectivity index (χ2v) is 5.32. The fraction of sp³-hybridized carbons (Fsp3) is 0.615. The summed E-state index contributed by atoms with van der Waals surface area (Å²) in [5.41, 5.74) is 0.899. The van der Waals surface area contributed by atoms with Gasteiger partial charge < -0.3 is 4.90 Å². The van der Waals surface area contributed by atoms with Gasteiger partial charge in [0.15, 0.2) is 5.65 Å². The van der Waals surface area contributed by atoms with Gasteiger partial charge in [0.2, 0.25) is 0 Å². The first-order valence-corrected chi connectivity index (χ1v) is 6.78. The molecule has 0 amide bonds. The van der Waals surface area contributed by atoms with Gasteiger partial charge in [-0.1, -0.05) is 0 Å². The molecule has 6 heteroatoms. The second-order valence-electron chi connectivity index (χ2n) is 5.32. The zero-order valence-electron chi connectivity index (χ0n) is 11.7. The van der Waals surface area contributed by atoms with Crippen LogP contribution in [0.5, 0.6) is 0 Å². The summed E-state index contributed by atoms with van der Waals surface area (Å²) in [6.07, 6.45) is 3.49. The molecule has 102 valence electrons. The average Bonchev–Trinajstić information content (AvgIpc) is 2.81. The minimum atomic E-state index is 0.617. The van der Waals surface area contributed by atoms with Crippen LogP contribution < -0.4 is 4.90 Å². The third-order valence-electron chi connectivity index (χ3n) is 3.85. The van der Waals surface area contributed by atoms with E-state index >= 15 is 0 Å². The highest BCUT2D eigenvalue weighted by Gasteiger charge is 2.21. The topological polar surface area (TPSA) is 50.1 Å². The van der Waals surface area contributed by atoms with E-state index in [1.165, 1.54) is 0 Å². The molecule has 0 unspecified atom stereocenters. The van der Waals surface area contributed by atoms with E-state index in [1.807, 2.05) is 13.2 Å². The Morgan fingerprint density at radius 2 is 1.84 bits per heavy atom. The normalized spacial score (nSPS) is 17.6. The van der Waals surface area contributed by atoms with Gasteiger partial charge in [-0.3, -0.25) is 9.58 Å². The van der Waals surface area contributed by atoms with Crippen molar-refractivity contribution in [2.75, 3.05) is 31.1 Å². The highest BCUT2D eigenvalue weighted by Crippen LogP contribution is 2.23. The average molecular weight is 260 g/mol. The molecule has 2 aromatic heterocycles. The standard InChI is InChI=1S/C13H20N6/c1-10(2)18-4-6-19(7-5-18)13-11-8-16-17(3)12(11)14-9-15-13/h8-10H,4-7H2,1-3H3. The lowest BCUT2D eigenvalue weighted by Crippen LogP contribution is -2.49. The van der Waals surface area contributed by atoms with Gasteiger partial charge in [0.25, 0.3) is 0 Å². The van der Waals surface area contributed by atoms with Crippen molar-refractivity contribution in [2.24, 2.45) is 7.05 Å². The minimum Gasteiger partial charge on any atom is -0.353 e. The van der Waals surface area contributed by atoms with Gasteiger partial charge >= 0.3 is 0 Å². The van der Waals surface area contributed by atoms with E-state index in [0.29, 0.717) is 6.04 Å². The Morgan fingerprint density at radius 3 is 2.53 bits per heavy atom. The maximum Gasteiger partial charge on any atom is 0.163 e. The van der Waals surface area contributed by atoms with Gasteiger partial charge in [0.05, 0.1) is 11.6 Å². The van der Waals surface area contributed by atoms with Crippen LogP contribution in [0.25, 0.3) is 11.0 Å². The summed E-state index contributed by atoms with van der Waals surface area (Å²) in [5.74, 6) is 1.02. The molecular formula is C13H20N6. The van der Waals surface area contributed by atoms with Crippen molar-refractivity contribution < 1.29 is 0 Å². The van der Waals surface area contributed by atoms with Crippen LogP contribution in [-0.2, 0) is 7.05 Å². The van der Waals surface area contributed by atoms with Crippen molar-refractivity contribution >= 4 is 16.9 Å². The smallest absolute Gasteiger partial charge is 0.163 e. The summed E-state index contributed by atoms with van der Waals surface area (Å²) < 4.78 is 1.80. The van der Waals surface area contributed by atoms with Crippen molar-refractivity contribution in [3.63, 3.8) is 0 Å². The first kappa shape index (κ1) is 12.3. The minimum absolute atomic E-state index is 0.617. The van der Waals surface area contributed by atoms with E-state index in [4.69, 9.17) is 0 Å². The fourth-order valence-corrected chi connectivity index (χ4v) is 2.65. The SMILES string of the molecule is CC(C)N1CCN(c2ncnc3c2cnn3C)CC1. The van der Waals surface area contributed by atoms with Gasteiger partial charge in [-0.25, -0.2) is 9.97 Å². The number of rotatable bonds is 2. The zero-order chi connectivity index (χ0) is 13.4. The number of hydrogen-bond acceptors (Lipinski definition) is 5. The van der Waals surface area contributed by atoms with Crippen molar-refractivity contribution in [1.29, 1.82) is 0 Å². The summed E-state index contributed by atoms with van der Waals surface area (Å²) in [4.78, 5) is 13.6. The monoisotopic (exact) mass is 260 g/mol. The Kier molecular flexibility index (Phi) is 3.10. The third-order valence-corrected chi connectivity index (χ3v) is 3.85. The molecule has 1 fully saturated rings. The third kappa shape index (κ3) is 2.16. The molecule has 3 heterocycles. The summed E-state index contributed by atoms with van der Waals surface area (Å²) in [6, 6.07) is 0.617. The molecule has 0 radical (unpaired) electrons. The Morgan fingerprint density at radius 1 is 1.11 bits per heavy atom. The molecule has 1 aliphatic rings. The van der Waals surface area contributed by atoms with Crippen molar-refractivity contribution in [3.05, 3.63) is 12.5 Å². The van der Waals surface area contributed by atoms with E-state index in [9.17, 15) is 0 Å². The Bertz CT molecular complexity index is 568. The van der Waals surface area contributed by atoms with Crippen LogP contribution in [0.1, 0.15) is 13.8 Å². The first-order chi connectivity index (χ1) is 9.16. The molecule has 1 aliphatic heterocycles. The molecule has 1 saturated heterocycles. The van der Waals surface area contributed by atoms with E-state index in [-0.39, 0.29) is 0 Å². The van der Waals surface area contributed by atoms with Gasteiger partial charge in [-0.15, -0.1) is 0 Å². The lowest BCUT2D eigenvalue weighted by atomic mass is 10.2. The van der Waals surface area contributed by atoms with Gasteiger partial charge in [-0.05, 0) is 13.8 Å². The van der Waals surface area contributed by atoms with Crippen LogP contribution in [0.4, 0.5) is 5.82 Å². The highest BCUT2D eigenvalue weighted by atomic mass is 15.3. The maximum absolute atomic E-state index is 4.46. The van der Waals surface area contributed by atoms with Crippen LogP contribution in [0.3, 0.4) is 0 Å². The van der Waals surface area contributed by atoms with E-state index in [1.54, 1.807) is 11.0 Å². The zero-order valence-corrected chi connectivity index (χ0v) is 11.7. The molecule has 0 bridgehead atoms. The Hall–Kier alpha value is -1.69. The number of aromatic nitrogens is 4. The second kappa shape index (κ2) is 4.77. The summed E-state index contributed by atoms with van der Waals surface area (Å²) >= 11 is 0. The molecule has 0 aromatic carbocycles. The predicted octanol–water partition coefficient (Wildman–Crippen LogP) is 0.894. The molecule has 3 rings (SSSR count). The van der Waals surface area contributed by atoms with Crippen molar-refractivity contribution in [1.82, 2.24) is 24.6 Å². The largest absolute Gasteiger partial charge is 0.353 e. The van der Waals surface area contributed by atoms with Gasteiger partial charge in [0, 0.05) is 39.3 Å². The molecule has 0 atom stereocenters. The molecule has 0 aliphatic carbocycles. The first-order valence-electron chi connectivity index (χ1n) is 6.78. The van der Waals surface area contributed by atoms with E-state index in [2.05, 4.69) is 38.7 Å². The summed E-state index contributed by atoms with van der Waals surface area (Å²) in [6.45, 7) is 8.70. The highest BCUT2D eigenvalue weighted by molar-refractivity contribution is 5.86. The van der Waals surface area contributed by atoms with Crippen LogP contribution in [0.15, 0.2) is 12.5 Å². The molecule has 19 heavy (non-hydrogen) atoms. The van der Waals surface area contributed by atoms with Crippen LogP contribution in [-0.4, -0.2) is 56.9 Å². The van der Waals surface area contributed by atoms with E-state index < -0.39 is 0 Å². The van der Waals surface area contributed by atoms with E-state index in [0.717, 1.165) is 43.0 Å². The molecule has 6 nitrogen and oxygen atoms in total. The number of piperazine rings is 1. The maximum atomic E-state index is 4.46. The Balaban J connectivity index is 1.86. The summed E-state index contributed by atoms with van der Waals surface area (Å²) in [7, 11) is 1.91.